The third-order valence-electron chi connectivity index (χ3n) is 3.74. The highest BCUT2D eigenvalue weighted by Gasteiger charge is 2.30. The summed E-state index contributed by atoms with van der Waals surface area (Å²) >= 11 is 0. The molecule has 1 fully saturated rings. The molecule has 2 aromatic carbocycles. The lowest BCUT2D eigenvalue weighted by Crippen LogP contribution is -2.14. The third kappa shape index (κ3) is 1.25. The summed E-state index contributed by atoms with van der Waals surface area (Å²) in [6, 6.07) is 16.0. The molecule has 86 valence electrons. The van der Waals surface area contributed by atoms with Crippen molar-refractivity contribution < 1.29 is 4.79 Å². The Balaban J connectivity index is 2.11. The molecule has 1 nitrogen and oxygen atoms in total. The van der Waals surface area contributed by atoms with E-state index in [0.29, 0.717) is 0 Å². The van der Waals surface area contributed by atoms with Crippen LogP contribution in [0.2, 0.25) is 0 Å². The Labute approximate surface area is 106 Å². The van der Waals surface area contributed by atoms with Crippen LogP contribution in [0, 0.1) is 0 Å². The first-order chi connectivity index (χ1) is 8.86. The number of rotatable bonds is 0. The number of benzene rings is 2. The van der Waals surface area contributed by atoms with Crippen LogP contribution in [-0.2, 0) is 0 Å². The maximum Gasteiger partial charge on any atom is 0.194 e. The monoisotopic (exact) mass is 232 g/mol. The van der Waals surface area contributed by atoms with E-state index in [-0.39, 0.29) is 5.78 Å². The van der Waals surface area contributed by atoms with Crippen molar-refractivity contribution in [2.45, 2.75) is 12.8 Å². The first kappa shape index (κ1) is 9.84. The molecule has 0 N–H and O–H groups in total. The van der Waals surface area contributed by atoms with E-state index in [9.17, 15) is 4.79 Å². The molecule has 1 heteroatoms. The maximum atomic E-state index is 12.5. The Morgan fingerprint density at radius 1 is 0.667 bits per heavy atom. The van der Waals surface area contributed by atoms with Crippen LogP contribution >= 0.6 is 0 Å². The van der Waals surface area contributed by atoms with E-state index in [1.54, 1.807) is 0 Å². The van der Waals surface area contributed by atoms with E-state index in [4.69, 9.17) is 0 Å². The Hall–Kier alpha value is -2.15. The summed E-state index contributed by atoms with van der Waals surface area (Å²) in [5.41, 5.74) is 6.74. The Bertz CT molecular complexity index is 650. The summed E-state index contributed by atoms with van der Waals surface area (Å²) in [5, 5.41) is 0. The molecular weight excluding hydrogens is 220 g/mol. The summed E-state index contributed by atoms with van der Waals surface area (Å²) < 4.78 is 0. The van der Waals surface area contributed by atoms with Gasteiger partial charge in [-0.25, -0.2) is 0 Å². The molecular formula is C17H12O. The molecule has 18 heavy (non-hydrogen) atoms. The molecule has 0 amide bonds. The number of hydrogen-bond acceptors (Lipinski definition) is 1. The number of hydrogen-bond donors (Lipinski definition) is 0. The average molecular weight is 232 g/mol. The van der Waals surface area contributed by atoms with E-state index in [0.717, 1.165) is 22.3 Å². The predicted octanol–water partition coefficient (Wildman–Crippen LogP) is 3.83. The zero-order valence-electron chi connectivity index (χ0n) is 9.94. The van der Waals surface area contributed by atoms with Gasteiger partial charge in [-0.3, -0.25) is 4.79 Å². The van der Waals surface area contributed by atoms with Gasteiger partial charge in [-0.2, -0.15) is 0 Å². The van der Waals surface area contributed by atoms with Gasteiger partial charge in [-0.1, -0.05) is 54.1 Å². The zero-order chi connectivity index (χ0) is 12.1. The second-order valence-corrected chi connectivity index (χ2v) is 4.90. The van der Waals surface area contributed by atoms with E-state index in [1.807, 2.05) is 36.4 Å². The van der Waals surface area contributed by atoms with Crippen molar-refractivity contribution in [2.24, 2.45) is 0 Å². The molecule has 0 saturated heterocycles. The Morgan fingerprint density at radius 3 is 1.56 bits per heavy atom. The van der Waals surface area contributed by atoms with Crippen molar-refractivity contribution in [3.05, 3.63) is 76.4 Å². The molecule has 2 aromatic rings. The average Bonchev–Trinajstić information content (AvgIpc) is 3.24. The number of allylic oxidation sites excluding steroid dienone is 1. The van der Waals surface area contributed by atoms with Crippen LogP contribution in [0.25, 0.3) is 5.57 Å². The van der Waals surface area contributed by atoms with Crippen LogP contribution in [0.3, 0.4) is 0 Å². The van der Waals surface area contributed by atoms with Gasteiger partial charge in [0.2, 0.25) is 0 Å². The molecule has 4 rings (SSSR count). The number of carbonyl (C=O) groups is 1. The fraction of sp³-hybridized carbons (Fsp3) is 0.118. The van der Waals surface area contributed by atoms with Crippen molar-refractivity contribution in [1.29, 1.82) is 0 Å². The van der Waals surface area contributed by atoms with E-state index >= 15 is 0 Å². The van der Waals surface area contributed by atoms with Crippen LogP contribution < -0.4 is 0 Å². The molecule has 0 aromatic heterocycles. The molecule has 0 atom stereocenters. The third-order valence-corrected chi connectivity index (χ3v) is 3.74. The highest BCUT2D eigenvalue weighted by Crippen LogP contribution is 2.44. The second kappa shape index (κ2) is 3.42. The number of fused-ring (bicyclic) bond motifs is 2. The van der Waals surface area contributed by atoms with Crippen LogP contribution in [0.15, 0.2) is 54.1 Å². The predicted molar refractivity (Wildman–Crippen MR) is 71.6 cm³/mol. The molecule has 2 aliphatic rings. The zero-order valence-corrected chi connectivity index (χ0v) is 9.94. The van der Waals surface area contributed by atoms with Gasteiger partial charge in [0.15, 0.2) is 5.78 Å². The van der Waals surface area contributed by atoms with Gasteiger partial charge in [0.1, 0.15) is 0 Å². The van der Waals surface area contributed by atoms with E-state index in [2.05, 4.69) is 12.1 Å². The number of carbonyl (C=O) groups excluding carboxylic acids is 1. The molecule has 1 saturated carbocycles. The first-order valence-corrected chi connectivity index (χ1v) is 6.32. The van der Waals surface area contributed by atoms with Gasteiger partial charge < -0.3 is 0 Å². The molecule has 0 bridgehead atoms. The number of ketones is 1. The van der Waals surface area contributed by atoms with Crippen molar-refractivity contribution in [3.63, 3.8) is 0 Å². The van der Waals surface area contributed by atoms with Gasteiger partial charge in [-0.05, 0) is 29.5 Å². The standard InChI is InChI=1S/C17H12O/c18-17-14-7-3-1-5-12(14)16(11-9-10-11)13-6-2-4-8-15(13)17/h1-8H,9-10H2. The maximum absolute atomic E-state index is 12.5. The summed E-state index contributed by atoms with van der Waals surface area (Å²) in [4.78, 5) is 12.5. The van der Waals surface area contributed by atoms with Crippen LogP contribution in [0.1, 0.15) is 39.9 Å². The van der Waals surface area contributed by atoms with Crippen LogP contribution in [0.5, 0.6) is 0 Å². The fourth-order valence-corrected chi connectivity index (χ4v) is 2.78. The van der Waals surface area contributed by atoms with Crippen molar-refractivity contribution in [1.82, 2.24) is 0 Å². The molecule has 0 heterocycles. The second-order valence-electron chi connectivity index (χ2n) is 4.90. The Morgan fingerprint density at radius 2 is 1.11 bits per heavy atom. The molecule has 2 aliphatic carbocycles. The highest BCUT2D eigenvalue weighted by atomic mass is 16.1. The smallest absolute Gasteiger partial charge is 0.194 e. The lowest BCUT2D eigenvalue weighted by Gasteiger charge is -2.21. The lowest BCUT2D eigenvalue weighted by atomic mass is 9.81. The summed E-state index contributed by atoms with van der Waals surface area (Å²) in [7, 11) is 0. The molecule has 0 aliphatic heterocycles. The summed E-state index contributed by atoms with van der Waals surface area (Å²) in [5.74, 6) is 0.159. The minimum atomic E-state index is 0.159. The SMILES string of the molecule is O=C1c2ccccc2C(=C2CC2)c2ccccc21. The van der Waals surface area contributed by atoms with Gasteiger partial charge in [0.25, 0.3) is 0 Å². The van der Waals surface area contributed by atoms with Crippen molar-refractivity contribution in [2.75, 3.05) is 0 Å². The van der Waals surface area contributed by atoms with Gasteiger partial charge in [0.05, 0.1) is 0 Å². The minimum Gasteiger partial charge on any atom is -0.289 e. The first-order valence-electron chi connectivity index (χ1n) is 6.32. The van der Waals surface area contributed by atoms with E-state index in [1.165, 1.54) is 24.0 Å². The quantitative estimate of drug-likeness (QED) is 0.575. The van der Waals surface area contributed by atoms with Gasteiger partial charge in [0, 0.05) is 11.1 Å². The van der Waals surface area contributed by atoms with Gasteiger partial charge in [-0.15, -0.1) is 0 Å². The Kier molecular flexibility index (Phi) is 1.87. The highest BCUT2D eigenvalue weighted by molar-refractivity contribution is 6.19. The molecule has 0 radical (unpaired) electrons. The van der Waals surface area contributed by atoms with Crippen molar-refractivity contribution >= 4 is 11.4 Å². The molecule has 0 unspecified atom stereocenters. The van der Waals surface area contributed by atoms with E-state index < -0.39 is 0 Å². The van der Waals surface area contributed by atoms with Crippen molar-refractivity contribution in [3.8, 4) is 0 Å². The minimum absolute atomic E-state index is 0.159. The van der Waals surface area contributed by atoms with Crippen LogP contribution in [0.4, 0.5) is 0 Å². The lowest BCUT2D eigenvalue weighted by molar-refractivity contribution is 0.103. The normalized spacial score (nSPS) is 16.3. The summed E-state index contributed by atoms with van der Waals surface area (Å²) in [6.07, 6.45) is 2.35. The van der Waals surface area contributed by atoms with Crippen LogP contribution in [-0.4, -0.2) is 5.78 Å². The molecule has 0 spiro atoms. The largest absolute Gasteiger partial charge is 0.289 e. The topological polar surface area (TPSA) is 17.1 Å². The summed E-state index contributed by atoms with van der Waals surface area (Å²) in [6.45, 7) is 0. The van der Waals surface area contributed by atoms with Gasteiger partial charge >= 0.3 is 0 Å². The fourth-order valence-electron chi connectivity index (χ4n) is 2.78.